The highest BCUT2D eigenvalue weighted by Gasteiger charge is 2.37. The highest BCUT2D eigenvalue weighted by molar-refractivity contribution is 7.89. The van der Waals surface area contributed by atoms with Gasteiger partial charge in [0.15, 0.2) is 0 Å². The Morgan fingerprint density at radius 3 is 2.62 bits per heavy atom. The minimum absolute atomic E-state index is 0.0108. The van der Waals surface area contributed by atoms with Crippen molar-refractivity contribution in [2.24, 2.45) is 0 Å². The van der Waals surface area contributed by atoms with Crippen LogP contribution in [0.25, 0.3) is 0 Å². The zero-order chi connectivity index (χ0) is 15.6. The minimum atomic E-state index is -3.99. The predicted molar refractivity (Wildman–Crippen MR) is 72.3 cm³/mol. The minimum Gasteiger partial charge on any atom is -0.295 e. The quantitative estimate of drug-likeness (QED) is 0.790. The maximum absolute atomic E-state index is 12.5. The molecule has 1 aliphatic heterocycles. The first kappa shape index (κ1) is 15.2. The molecule has 0 bridgehead atoms. The standard InChI is InChI=1S/C13H13N3O4S/c1-16(10-6-7-12(17)15-13(10)18)21(19,20)11-5-3-2-4-9(11)8-14/h2-5,10H,6-7H2,1H3,(H,15,17,18). The van der Waals surface area contributed by atoms with E-state index in [1.54, 1.807) is 6.07 Å². The fourth-order valence-corrected chi connectivity index (χ4v) is 3.62. The third kappa shape index (κ3) is 2.79. The summed E-state index contributed by atoms with van der Waals surface area (Å²) < 4.78 is 26.0. The lowest BCUT2D eigenvalue weighted by molar-refractivity contribution is -0.135. The first-order valence-electron chi connectivity index (χ1n) is 6.19. The number of rotatable bonds is 3. The van der Waals surface area contributed by atoms with Crippen molar-refractivity contribution in [3.8, 4) is 6.07 Å². The number of nitrogens with zero attached hydrogens (tertiary/aromatic N) is 2. The van der Waals surface area contributed by atoms with Gasteiger partial charge in [0.1, 0.15) is 12.1 Å². The van der Waals surface area contributed by atoms with Gasteiger partial charge in [-0.05, 0) is 18.6 Å². The maximum atomic E-state index is 12.5. The van der Waals surface area contributed by atoms with E-state index in [0.717, 1.165) is 4.31 Å². The number of carbonyl (C=O) groups is 2. The molecule has 1 aromatic carbocycles. The van der Waals surface area contributed by atoms with Crippen molar-refractivity contribution < 1.29 is 18.0 Å². The summed E-state index contributed by atoms with van der Waals surface area (Å²) in [4.78, 5) is 22.7. The second-order valence-electron chi connectivity index (χ2n) is 4.60. The molecule has 1 heterocycles. The fraction of sp³-hybridized carbons (Fsp3) is 0.308. The summed E-state index contributed by atoms with van der Waals surface area (Å²) in [5.74, 6) is -1.06. The number of piperidine rings is 1. The van der Waals surface area contributed by atoms with E-state index in [1.807, 2.05) is 6.07 Å². The number of benzene rings is 1. The molecular weight excluding hydrogens is 294 g/mol. The Bertz CT molecular complexity index is 736. The van der Waals surface area contributed by atoms with Crippen molar-refractivity contribution in [1.82, 2.24) is 9.62 Å². The summed E-state index contributed by atoms with van der Waals surface area (Å²) in [7, 11) is -2.73. The Labute approximate surface area is 122 Å². The number of hydrogen-bond donors (Lipinski definition) is 1. The number of nitriles is 1. The summed E-state index contributed by atoms with van der Waals surface area (Å²) in [5, 5.41) is 11.1. The second-order valence-corrected chi connectivity index (χ2v) is 6.56. The lowest BCUT2D eigenvalue weighted by Crippen LogP contribution is -2.52. The largest absolute Gasteiger partial charge is 0.295 e. The van der Waals surface area contributed by atoms with Crippen molar-refractivity contribution in [3.05, 3.63) is 29.8 Å². The average molecular weight is 307 g/mol. The lowest BCUT2D eigenvalue weighted by Gasteiger charge is -2.29. The van der Waals surface area contributed by atoms with Crippen LogP contribution >= 0.6 is 0 Å². The van der Waals surface area contributed by atoms with Gasteiger partial charge in [-0.2, -0.15) is 9.57 Å². The first-order chi connectivity index (χ1) is 9.87. The molecule has 1 unspecified atom stereocenters. The number of nitrogens with one attached hydrogen (secondary N) is 1. The van der Waals surface area contributed by atoms with Crippen LogP contribution in [-0.2, 0) is 19.6 Å². The predicted octanol–water partition coefficient (Wildman–Crippen LogP) is -0.0160. The molecule has 1 aromatic rings. The van der Waals surface area contributed by atoms with Gasteiger partial charge in [0.25, 0.3) is 0 Å². The van der Waals surface area contributed by atoms with Gasteiger partial charge in [0.05, 0.1) is 10.5 Å². The van der Waals surface area contributed by atoms with E-state index >= 15 is 0 Å². The van der Waals surface area contributed by atoms with Gasteiger partial charge < -0.3 is 0 Å². The average Bonchev–Trinajstić information content (AvgIpc) is 2.46. The number of amides is 2. The van der Waals surface area contributed by atoms with Gasteiger partial charge >= 0.3 is 0 Å². The molecule has 7 nitrogen and oxygen atoms in total. The van der Waals surface area contributed by atoms with Crippen molar-refractivity contribution in [2.45, 2.75) is 23.8 Å². The second kappa shape index (κ2) is 5.63. The van der Waals surface area contributed by atoms with Gasteiger partial charge in [-0.1, -0.05) is 12.1 Å². The van der Waals surface area contributed by atoms with E-state index in [0.29, 0.717) is 0 Å². The van der Waals surface area contributed by atoms with Crippen LogP contribution in [0.4, 0.5) is 0 Å². The molecule has 0 saturated carbocycles. The van der Waals surface area contributed by atoms with Crippen LogP contribution in [-0.4, -0.2) is 37.6 Å². The third-order valence-electron chi connectivity index (χ3n) is 3.31. The summed E-state index contributed by atoms with van der Waals surface area (Å²) in [6.07, 6.45) is 0.200. The molecule has 21 heavy (non-hydrogen) atoms. The highest BCUT2D eigenvalue weighted by Crippen LogP contribution is 2.23. The monoisotopic (exact) mass is 307 g/mol. The fourth-order valence-electron chi connectivity index (χ4n) is 2.14. The lowest BCUT2D eigenvalue weighted by atomic mass is 10.1. The molecule has 1 fully saturated rings. The zero-order valence-electron chi connectivity index (χ0n) is 11.2. The molecule has 1 atom stereocenters. The molecule has 8 heteroatoms. The molecule has 1 saturated heterocycles. The van der Waals surface area contributed by atoms with Crippen LogP contribution in [0, 0.1) is 11.3 Å². The molecule has 0 radical (unpaired) electrons. The normalized spacial score (nSPS) is 19.2. The van der Waals surface area contributed by atoms with Crippen molar-refractivity contribution in [3.63, 3.8) is 0 Å². The van der Waals surface area contributed by atoms with E-state index in [4.69, 9.17) is 5.26 Å². The summed E-state index contributed by atoms with van der Waals surface area (Å²) in [6, 6.07) is 6.63. The van der Waals surface area contributed by atoms with Crippen LogP contribution < -0.4 is 5.32 Å². The molecule has 0 aromatic heterocycles. The van der Waals surface area contributed by atoms with Crippen LogP contribution in [0.1, 0.15) is 18.4 Å². The third-order valence-corrected chi connectivity index (χ3v) is 5.24. The Morgan fingerprint density at radius 2 is 2.00 bits per heavy atom. The Balaban J connectivity index is 2.38. The van der Waals surface area contributed by atoms with E-state index in [1.165, 1.54) is 25.2 Å². The van der Waals surface area contributed by atoms with Gasteiger partial charge in [-0.25, -0.2) is 8.42 Å². The topological polar surface area (TPSA) is 107 Å². The SMILES string of the molecule is CN(C1CCC(=O)NC1=O)S(=O)(=O)c1ccccc1C#N. The van der Waals surface area contributed by atoms with Crippen LogP contribution in [0.5, 0.6) is 0 Å². The Hall–Kier alpha value is -2.24. The molecule has 1 aliphatic rings. The molecule has 2 rings (SSSR count). The van der Waals surface area contributed by atoms with Crippen LogP contribution in [0.2, 0.25) is 0 Å². The zero-order valence-corrected chi connectivity index (χ0v) is 12.1. The Kier molecular flexibility index (Phi) is 4.06. The summed E-state index contributed by atoms with van der Waals surface area (Å²) in [6.45, 7) is 0. The van der Waals surface area contributed by atoms with E-state index in [2.05, 4.69) is 5.32 Å². The summed E-state index contributed by atoms with van der Waals surface area (Å²) in [5.41, 5.74) is 0.0108. The van der Waals surface area contributed by atoms with Gasteiger partial charge in [0.2, 0.25) is 21.8 Å². The molecular formula is C13H13N3O4S. The van der Waals surface area contributed by atoms with Gasteiger partial charge in [-0.15, -0.1) is 0 Å². The number of hydrogen-bond acceptors (Lipinski definition) is 5. The molecule has 110 valence electrons. The van der Waals surface area contributed by atoms with E-state index < -0.39 is 27.9 Å². The summed E-state index contributed by atoms with van der Waals surface area (Å²) >= 11 is 0. The van der Waals surface area contributed by atoms with Crippen LogP contribution in [0.3, 0.4) is 0 Å². The Morgan fingerprint density at radius 1 is 1.33 bits per heavy atom. The number of carbonyl (C=O) groups excluding carboxylic acids is 2. The number of imide groups is 1. The number of sulfonamides is 1. The smallest absolute Gasteiger partial charge is 0.245 e. The molecule has 2 amide bonds. The van der Waals surface area contributed by atoms with Crippen molar-refractivity contribution in [2.75, 3.05) is 7.05 Å². The molecule has 0 spiro atoms. The van der Waals surface area contributed by atoms with Gasteiger partial charge in [0, 0.05) is 13.5 Å². The van der Waals surface area contributed by atoms with Gasteiger partial charge in [-0.3, -0.25) is 14.9 Å². The van der Waals surface area contributed by atoms with E-state index in [-0.39, 0.29) is 23.3 Å². The first-order valence-corrected chi connectivity index (χ1v) is 7.63. The van der Waals surface area contributed by atoms with Crippen molar-refractivity contribution in [1.29, 1.82) is 5.26 Å². The van der Waals surface area contributed by atoms with Crippen LogP contribution in [0.15, 0.2) is 29.2 Å². The van der Waals surface area contributed by atoms with Crippen molar-refractivity contribution >= 4 is 21.8 Å². The van der Waals surface area contributed by atoms with E-state index in [9.17, 15) is 18.0 Å². The molecule has 0 aliphatic carbocycles. The maximum Gasteiger partial charge on any atom is 0.245 e. The molecule has 1 N–H and O–H groups in total. The highest BCUT2D eigenvalue weighted by atomic mass is 32.2. The number of likely N-dealkylation sites (N-methyl/N-ethyl adjacent to an activating group) is 1.